The Morgan fingerprint density at radius 1 is 1.24 bits per heavy atom. The summed E-state index contributed by atoms with van der Waals surface area (Å²) in [6, 6.07) is 13.9. The van der Waals surface area contributed by atoms with Crippen molar-refractivity contribution in [3.05, 3.63) is 86.9 Å². The van der Waals surface area contributed by atoms with Crippen molar-refractivity contribution in [3.63, 3.8) is 0 Å². The standard InChI is InChI=1S/C19H15ClN2O3/c1-13-4-2-7-17-21-16(11-18(23)22(13)17)12-25-19(24)9-8-14-5-3-6-15(20)10-14/h2-11H,12H2,1H3/b9-8+. The van der Waals surface area contributed by atoms with Crippen LogP contribution in [0.4, 0.5) is 0 Å². The van der Waals surface area contributed by atoms with Crippen molar-refractivity contribution >= 4 is 29.3 Å². The van der Waals surface area contributed by atoms with Crippen LogP contribution in [0.3, 0.4) is 0 Å². The molecule has 0 radical (unpaired) electrons. The van der Waals surface area contributed by atoms with Gasteiger partial charge in [0.1, 0.15) is 12.3 Å². The van der Waals surface area contributed by atoms with E-state index in [0.29, 0.717) is 16.4 Å². The Hall–Kier alpha value is -2.92. The minimum atomic E-state index is -0.522. The summed E-state index contributed by atoms with van der Waals surface area (Å²) in [5, 5.41) is 0.589. The summed E-state index contributed by atoms with van der Waals surface area (Å²) in [4.78, 5) is 28.3. The third-order valence-electron chi connectivity index (χ3n) is 3.56. The molecular weight excluding hydrogens is 340 g/mol. The van der Waals surface area contributed by atoms with Crippen LogP contribution in [-0.4, -0.2) is 15.4 Å². The monoisotopic (exact) mass is 354 g/mol. The normalized spacial score (nSPS) is 11.1. The first-order valence-electron chi connectivity index (χ1n) is 7.62. The van der Waals surface area contributed by atoms with Gasteiger partial charge in [-0.25, -0.2) is 9.78 Å². The lowest BCUT2D eigenvalue weighted by atomic mass is 10.2. The summed E-state index contributed by atoms with van der Waals surface area (Å²) in [6.45, 7) is 1.76. The minimum Gasteiger partial charge on any atom is -0.456 e. The molecule has 2 aromatic heterocycles. The maximum Gasteiger partial charge on any atom is 0.331 e. The summed E-state index contributed by atoms with van der Waals surface area (Å²) in [5.74, 6) is -0.522. The van der Waals surface area contributed by atoms with Crippen LogP contribution in [0.5, 0.6) is 0 Å². The quantitative estimate of drug-likeness (QED) is 0.532. The Bertz CT molecular complexity index is 1020. The molecule has 0 saturated heterocycles. The number of benzene rings is 1. The van der Waals surface area contributed by atoms with Gasteiger partial charge in [0.25, 0.3) is 5.56 Å². The van der Waals surface area contributed by atoms with E-state index in [1.807, 2.05) is 25.1 Å². The van der Waals surface area contributed by atoms with Crippen LogP contribution in [0.2, 0.25) is 5.02 Å². The van der Waals surface area contributed by atoms with Gasteiger partial charge in [-0.3, -0.25) is 9.20 Å². The first-order chi connectivity index (χ1) is 12.0. The molecule has 0 amide bonds. The fraction of sp³-hybridized carbons (Fsp3) is 0.105. The number of nitrogens with zero attached hydrogens (tertiary/aromatic N) is 2. The van der Waals surface area contributed by atoms with Gasteiger partial charge in [-0.15, -0.1) is 0 Å². The third-order valence-corrected chi connectivity index (χ3v) is 3.79. The highest BCUT2D eigenvalue weighted by Crippen LogP contribution is 2.12. The van der Waals surface area contributed by atoms with Gasteiger partial charge in [-0.1, -0.05) is 29.8 Å². The Labute approximate surface area is 149 Å². The van der Waals surface area contributed by atoms with Crippen molar-refractivity contribution in [2.75, 3.05) is 0 Å². The van der Waals surface area contributed by atoms with Crippen molar-refractivity contribution in [1.29, 1.82) is 0 Å². The van der Waals surface area contributed by atoms with Crippen molar-refractivity contribution in [1.82, 2.24) is 9.38 Å². The molecule has 126 valence electrons. The van der Waals surface area contributed by atoms with Crippen molar-refractivity contribution in [2.24, 2.45) is 0 Å². The fourth-order valence-corrected chi connectivity index (χ4v) is 2.60. The van der Waals surface area contributed by atoms with E-state index in [1.54, 1.807) is 30.3 Å². The van der Waals surface area contributed by atoms with Crippen LogP contribution >= 0.6 is 11.6 Å². The Kier molecular flexibility index (Phi) is 4.95. The highest BCUT2D eigenvalue weighted by Gasteiger charge is 2.06. The number of aryl methyl sites for hydroxylation is 1. The highest BCUT2D eigenvalue weighted by atomic mass is 35.5. The summed E-state index contributed by atoms with van der Waals surface area (Å²) in [6.07, 6.45) is 2.92. The van der Waals surface area contributed by atoms with Crippen LogP contribution in [0, 0.1) is 6.92 Å². The summed E-state index contributed by atoms with van der Waals surface area (Å²) >= 11 is 5.89. The van der Waals surface area contributed by atoms with Gasteiger partial charge in [0.05, 0.1) is 5.69 Å². The van der Waals surface area contributed by atoms with E-state index < -0.39 is 5.97 Å². The maximum absolute atomic E-state index is 12.2. The van der Waals surface area contributed by atoms with Gasteiger partial charge in [-0.2, -0.15) is 0 Å². The number of hydrogen-bond acceptors (Lipinski definition) is 4. The van der Waals surface area contributed by atoms with E-state index in [1.165, 1.54) is 16.5 Å². The summed E-state index contributed by atoms with van der Waals surface area (Å²) in [7, 11) is 0. The number of fused-ring (bicyclic) bond motifs is 1. The highest BCUT2D eigenvalue weighted by molar-refractivity contribution is 6.30. The van der Waals surface area contributed by atoms with E-state index in [-0.39, 0.29) is 12.2 Å². The molecule has 0 aliphatic heterocycles. The molecule has 3 rings (SSSR count). The molecule has 0 aliphatic carbocycles. The topological polar surface area (TPSA) is 60.7 Å². The van der Waals surface area contributed by atoms with Crippen molar-refractivity contribution < 1.29 is 9.53 Å². The van der Waals surface area contributed by atoms with Crippen LogP contribution in [-0.2, 0) is 16.1 Å². The first kappa shape index (κ1) is 16.9. The zero-order valence-corrected chi connectivity index (χ0v) is 14.2. The minimum absolute atomic E-state index is 0.0710. The Morgan fingerprint density at radius 2 is 2.04 bits per heavy atom. The number of esters is 1. The second-order valence-corrected chi connectivity index (χ2v) is 5.88. The Balaban J connectivity index is 1.70. The van der Waals surface area contributed by atoms with Crippen molar-refractivity contribution in [3.8, 4) is 0 Å². The van der Waals surface area contributed by atoms with Gasteiger partial charge in [0, 0.05) is 22.9 Å². The molecule has 0 N–H and O–H groups in total. The van der Waals surface area contributed by atoms with Gasteiger partial charge in [0.15, 0.2) is 0 Å². The van der Waals surface area contributed by atoms with Gasteiger partial charge >= 0.3 is 5.97 Å². The molecular formula is C19H15ClN2O3. The third kappa shape index (κ3) is 4.14. The Morgan fingerprint density at radius 3 is 2.84 bits per heavy atom. The van der Waals surface area contributed by atoms with Crippen LogP contribution < -0.4 is 5.56 Å². The lowest BCUT2D eigenvalue weighted by molar-refractivity contribution is -0.139. The van der Waals surface area contributed by atoms with E-state index in [2.05, 4.69) is 4.98 Å². The average Bonchev–Trinajstić information content (AvgIpc) is 2.58. The smallest absolute Gasteiger partial charge is 0.331 e. The van der Waals surface area contributed by atoms with Gasteiger partial charge in [-0.05, 0) is 42.8 Å². The summed E-state index contributed by atoms with van der Waals surface area (Å²) in [5.41, 5.74) is 2.31. The zero-order chi connectivity index (χ0) is 17.8. The molecule has 25 heavy (non-hydrogen) atoms. The molecule has 3 aromatic rings. The molecule has 0 unspecified atom stereocenters. The number of carbonyl (C=O) groups is 1. The van der Waals surface area contributed by atoms with Crippen LogP contribution in [0.1, 0.15) is 17.0 Å². The van der Waals surface area contributed by atoms with Gasteiger partial charge < -0.3 is 4.74 Å². The SMILES string of the molecule is Cc1cccc2nc(COC(=O)/C=C/c3cccc(Cl)c3)cc(=O)n12. The molecule has 0 atom stereocenters. The number of rotatable bonds is 4. The molecule has 2 heterocycles. The van der Waals surface area contributed by atoms with E-state index in [4.69, 9.17) is 16.3 Å². The second-order valence-electron chi connectivity index (χ2n) is 5.44. The molecule has 0 fully saturated rings. The molecule has 0 bridgehead atoms. The van der Waals surface area contributed by atoms with E-state index in [9.17, 15) is 9.59 Å². The number of carbonyl (C=O) groups excluding carboxylic acids is 1. The molecule has 1 aromatic carbocycles. The average molecular weight is 355 g/mol. The summed E-state index contributed by atoms with van der Waals surface area (Å²) < 4.78 is 6.65. The number of aromatic nitrogens is 2. The molecule has 0 aliphatic rings. The predicted molar refractivity (Wildman–Crippen MR) is 96.5 cm³/mol. The van der Waals surface area contributed by atoms with E-state index >= 15 is 0 Å². The number of pyridine rings is 1. The van der Waals surface area contributed by atoms with Crippen molar-refractivity contribution in [2.45, 2.75) is 13.5 Å². The molecule has 0 spiro atoms. The second kappa shape index (κ2) is 7.32. The first-order valence-corrected chi connectivity index (χ1v) is 7.99. The lowest BCUT2D eigenvalue weighted by Gasteiger charge is -2.06. The maximum atomic E-state index is 12.2. The lowest BCUT2D eigenvalue weighted by Crippen LogP contribution is -2.18. The van der Waals surface area contributed by atoms with E-state index in [0.717, 1.165) is 11.3 Å². The molecule has 0 saturated carbocycles. The number of ether oxygens (including phenoxy) is 1. The largest absolute Gasteiger partial charge is 0.456 e. The molecule has 5 nitrogen and oxygen atoms in total. The van der Waals surface area contributed by atoms with Crippen LogP contribution in [0.15, 0.2) is 59.4 Å². The molecule has 6 heteroatoms. The predicted octanol–water partition coefficient (Wildman–Crippen LogP) is 3.41. The zero-order valence-electron chi connectivity index (χ0n) is 13.5. The van der Waals surface area contributed by atoms with Crippen LogP contribution in [0.25, 0.3) is 11.7 Å². The fourth-order valence-electron chi connectivity index (χ4n) is 2.41. The van der Waals surface area contributed by atoms with Gasteiger partial charge in [0.2, 0.25) is 0 Å². The number of hydrogen-bond donors (Lipinski definition) is 0. The number of halogens is 1.